The first kappa shape index (κ1) is 18.8. The van der Waals surface area contributed by atoms with Crippen molar-refractivity contribution in [1.82, 2.24) is 25.5 Å². The van der Waals surface area contributed by atoms with E-state index in [9.17, 15) is 14.4 Å². The number of amides is 1. The van der Waals surface area contributed by atoms with Crippen molar-refractivity contribution in [3.63, 3.8) is 0 Å². The number of carbonyl (C=O) groups excluding carboxylic acids is 2. The van der Waals surface area contributed by atoms with E-state index >= 15 is 0 Å². The summed E-state index contributed by atoms with van der Waals surface area (Å²) in [6, 6.07) is 7.57. The molecule has 0 saturated carbocycles. The van der Waals surface area contributed by atoms with E-state index in [1.54, 1.807) is 24.3 Å². The molecule has 0 aliphatic heterocycles. The minimum absolute atomic E-state index is 0.0114. The number of carbonyl (C=O) groups is 3. The summed E-state index contributed by atoms with van der Waals surface area (Å²) < 4.78 is 9.74. The van der Waals surface area contributed by atoms with Crippen molar-refractivity contribution in [1.29, 1.82) is 0 Å². The van der Waals surface area contributed by atoms with Crippen LogP contribution < -0.4 is 10.1 Å². The average Bonchev–Trinajstić information content (AvgIpc) is 3.07. The second kappa shape index (κ2) is 9.11. The third-order valence-corrected chi connectivity index (χ3v) is 3.19. The van der Waals surface area contributed by atoms with Crippen LogP contribution in [0.15, 0.2) is 30.3 Å². The molecule has 0 spiro atoms. The van der Waals surface area contributed by atoms with Gasteiger partial charge in [0.1, 0.15) is 19.2 Å². The van der Waals surface area contributed by atoms with Crippen molar-refractivity contribution in [2.45, 2.75) is 25.6 Å². The molecule has 1 aromatic carbocycles. The van der Waals surface area contributed by atoms with Crippen LogP contribution in [-0.4, -0.2) is 56.3 Å². The molecule has 11 heteroatoms. The van der Waals surface area contributed by atoms with Gasteiger partial charge in [0.15, 0.2) is 5.78 Å². The maximum atomic E-state index is 12.3. The Labute approximate surface area is 147 Å². The largest absolute Gasteiger partial charge is 0.481 e. The van der Waals surface area contributed by atoms with Crippen molar-refractivity contribution < 1.29 is 29.0 Å². The van der Waals surface area contributed by atoms with Gasteiger partial charge in [-0.15, -0.1) is 0 Å². The number of hydrogen-bond donors (Lipinski definition) is 2. The van der Waals surface area contributed by atoms with Crippen LogP contribution in [0.3, 0.4) is 0 Å². The number of aliphatic carboxylic acids is 1. The number of nitrogens with zero attached hydrogens (tertiary/aromatic N) is 4. The lowest BCUT2D eigenvalue weighted by Crippen LogP contribution is -2.44. The molecule has 0 saturated heterocycles. The molecule has 0 aliphatic carbocycles. The number of carboxylic acids is 1. The van der Waals surface area contributed by atoms with Gasteiger partial charge in [0.05, 0.1) is 13.5 Å². The highest BCUT2D eigenvalue weighted by Gasteiger charge is 2.25. The van der Waals surface area contributed by atoms with E-state index < -0.39 is 30.3 Å². The molecule has 1 atom stereocenters. The lowest BCUT2D eigenvalue weighted by Gasteiger charge is -2.15. The van der Waals surface area contributed by atoms with Gasteiger partial charge < -0.3 is 19.9 Å². The SMILES string of the molecule is COc1nnn(CC(=O)C(CC(=O)O)NC(=O)OCc2ccccc2)n1. The fourth-order valence-corrected chi connectivity index (χ4v) is 1.95. The standard InChI is InChI=1S/C15H17N5O6/c1-25-14-17-19-20(18-14)8-12(21)11(7-13(22)23)16-15(24)26-9-10-5-3-2-4-6-10/h2-6,11H,7-9H2,1H3,(H,16,24)(H,22,23). The Kier molecular flexibility index (Phi) is 6.60. The van der Waals surface area contributed by atoms with Crippen LogP contribution in [0.1, 0.15) is 12.0 Å². The fraction of sp³-hybridized carbons (Fsp3) is 0.333. The topological polar surface area (TPSA) is 146 Å². The van der Waals surface area contributed by atoms with E-state index in [1.807, 2.05) is 6.07 Å². The molecule has 11 nitrogen and oxygen atoms in total. The fourth-order valence-electron chi connectivity index (χ4n) is 1.95. The number of alkyl carbamates (subject to hydrolysis) is 1. The second-order valence-corrected chi connectivity index (χ2v) is 5.13. The molecule has 2 rings (SSSR count). The number of ether oxygens (including phenoxy) is 2. The summed E-state index contributed by atoms with van der Waals surface area (Å²) in [5, 5.41) is 22.0. The highest BCUT2D eigenvalue weighted by molar-refractivity contribution is 5.90. The van der Waals surface area contributed by atoms with Crippen molar-refractivity contribution in [3.05, 3.63) is 35.9 Å². The number of methoxy groups -OCH3 is 1. The number of rotatable bonds is 9. The minimum Gasteiger partial charge on any atom is -0.481 e. The minimum atomic E-state index is -1.30. The second-order valence-electron chi connectivity index (χ2n) is 5.13. The van der Waals surface area contributed by atoms with Crippen LogP contribution in [0.4, 0.5) is 4.79 Å². The Morgan fingerprint density at radius 1 is 1.27 bits per heavy atom. The van der Waals surface area contributed by atoms with Crippen LogP contribution in [0.5, 0.6) is 6.01 Å². The van der Waals surface area contributed by atoms with Crippen LogP contribution >= 0.6 is 0 Å². The molecular weight excluding hydrogens is 346 g/mol. The summed E-state index contributed by atoms with van der Waals surface area (Å²) in [4.78, 5) is 36.0. The molecule has 1 unspecified atom stereocenters. The monoisotopic (exact) mass is 363 g/mol. The lowest BCUT2D eigenvalue weighted by molar-refractivity contribution is -0.139. The zero-order valence-electron chi connectivity index (χ0n) is 13.9. The molecule has 0 radical (unpaired) electrons. The molecule has 0 bridgehead atoms. The highest BCUT2D eigenvalue weighted by Crippen LogP contribution is 2.03. The van der Waals surface area contributed by atoms with E-state index in [0.717, 1.165) is 10.4 Å². The predicted octanol–water partition coefficient (Wildman–Crippen LogP) is 0.0205. The summed E-state index contributed by atoms with van der Waals surface area (Å²) in [6.45, 7) is -0.393. The summed E-state index contributed by atoms with van der Waals surface area (Å²) >= 11 is 0. The summed E-state index contributed by atoms with van der Waals surface area (Å²) in [5.41, 5.74) is 0.752. The molecule has 138 valence electrons. The molecule has 0 aliphatic rings. The van der Waals surface area contributed by atoms with Crippen molar-refractivity contribution in [2.24, 2.45) is 0 Å². The Hall–Kier alpha value is -3.50. The van der Waals surface area contributed by atoms with Crippen LogP contribution in [0.25, 0.3) is 0 Å². The van der Waals surface area contributed by atoms with Crippen LogP contribution in [-0.2, 0) is 27.5 Å². The van der Waals surface area contributed by atoms with Gasteiger partial charge in [-0.2, -0.15) is 4.80 Å². The quantitative estimate of drug-likeness (QED) is 0.629. The molecule has 1 aromatic heterocycles. The first-order chi connectivity index (χ1) is 12.5. The van der Waals surface area contributed by atoms with Crippen molar-refractivity contribution in [2.75, 3.05) is 7.11 Å². The number of hydrogen-bond acceptors (Lipinski definition) is 8. The van der Waals surface area contributed by atoms with Gasteiger partial charge in [-0.1, -0.05) is 40.5 Å². The third-order valence-electron chi connectivity index (χ3n) is 3.19. The van der Waals surface area contributed by atoms with Gasteiger partial charge >= 0.3 is 18.1 Å². The first-order valence-corrected chi connectivity index (χ1v) is 7.51. The maximum Gasteiger partial charge on any atom is 0.408 e. The van der Waals surface area contributed by atoms with Gasteiger partial charge in [0, 0.05) is 0 Å². The molecule has 1 heterocycles. The number of ketones is 1. The van der Waals surface area contributed by atoms with Crippen molar-refractivity contribution in [3.8, 4) is 6.01 Å². The third kappa shape index (κ3) is 5.85. The van der Waals surface area contributed by atoms with Crippen LogP contribution in [0, 0.1) is 0 Å². The van der Waals surface area contributed by atoms with Gasteiger partial charge in [-0.3, -0.25) is 9.59 Å². The summed E-state index contributed by atoms with van der Waals surface area (Å²) in [6.07, 6.45) is -1.51. The zero-order valence-corrected chi connectivity index (χ0v) is 13.9. The zero-order chi connectivity index (χ0) is 18.9. The summed E-state index contributed by atoms with van der Waals surface area (Å²) in [5.74, 6) is -1.88. The van der Waals surface area contributed by atoms with Crippen LogP contribution in [0.2, 0.25) is 0 Å². The molecule has 26 heavy (non-hydrogen) atoms. The van der Waals surface area contributed by atoms with Gasteiger partial charge in [-0.05, 0) is 10.8 Å². The van der Waals surface area contributed by atoms with Gasteiger partial charge in [0.2, 0.25) is 0 Å². The van der Waals surface area contributed by atoms with E-state index in [2.05, 4.69) is 20.7 Å². The first-order valence-electron chi connectivity index (χ1n) is 7.51. The van der Waals surface area contributed by atoms with Gasteiger partial charge in [-0.25, -0.2) is 4.79 Å². The van der Waals surface area contributed by atoms with E-state index in [-0.39, 0.29) is 19.2 Å². The Bertz CT molecular complexity index is 763. The molecule has 2 aromatic rings. The summed E-state index contributed by atoms with van der Waals surface area (Å²) in [7, 11) is 1.33. The predicted molar refractivity (Wildman–Crippen MR) is 85.2 cm³/mol. The lowest BCUT2D eigenvalue weighted by atomic mass is 10.1. The molecular formula is C15H17N5O6. The molecule has 0 fully saturated rings. The number of aromatic nitrogens is 4. The number of tetrazole rings is 1. The van der Waals surface area contributed by atoms with E-state index in [4.69, 9.17) is 14.6 Å². The average molecular weight is 363 g/mol. The van der Waals surface area contributed by atoms with E-state index in [0.29, 0.717) is 0 Å². The number of nitrogens with one attached hydrogen (secondary N) is 1. The number of Topliss-reactive ketones (excluding diaryl/α,β-unsaturated/α-hetero) is 1. The number of benzene rings is 1. The number of carboxylic acid groups (broad SMARTS) is 1. The normalized spacial score (nSPS) is 11.4. The molecule has 2 N–H and O–H groups in total. The molecule has 1 amide bonds. The van der Waals surface area contributed by atoms with Gasteiger partial charge in [0.25, 0.3) is 0 Å². The highest BCUT2D eigenvalue weighted by atomic mass is 16.5. The smallest absolute Gasteiger partial charge is 0.408 e. The van der Waals surface area contributed by atoms with Crippen molar-refractivity contribution >= 4 is 17.8 Å². The Balaban J connectivity index is 1.93. The van der Waals surface area contributed by atoms with E-state index in [1.165, 1.54) is 7.11 Å². The maximum absolute atomic E-state index is 12.3. The Morgan fingerprint density at radius 3 is 2.62 bits per heavy atom. The Morgan fingerprint density at radius 2 is 2.00 bits per heavy atom.